The van der Waals surface area contributed by atoms with E-state index in [1.54, 1.807) is 30.3 Å². The summed E-state index contributed by atoms with van der Waals surface area (Å²) in [6.45, 7) is 3.16. The van der Waals surface area contributed by atoms with Gasteiger partial charge in [-0.25, -0.2) is 13.1 Å². The van der Waals surface area contributed by atoms with E-state index >= 15 is 0 Å². The first kappa shape index (κ1) is 24.4. The van der Waals surface area contributed by atoms with Crippen molar-refractivity contribution in [3.8, 4) is 0 Å². The molecule has 0 radical (unpaired) electrons. The second-order valence-electron chi connectivity index (χ2n) is 8.50. The molecule has 1 saturated carbocycles. The van der Waals surface area contributed by atoms with Crippen LogP contribution in [0.4, 0.5) is 0 Å². The van der Waals surface area contributed by atoms with E-state index in [2.05, 4.69) is 14.9 Å². The molecule has 0 bridgehead atoms. The molecule has 1 saturated heterocycles. The van der Waals surface area contributed by atoms with Crippen LogP contribution in [0.3, 0.4) is 0 Å². The maximum atomic E-state index is 12.5. The number of halogens is 2. The zero-order valence-corrected chi connectivity index (χ0v) is 20.4. The van der Waals surface area contributed by atoms with E-state index in [9.17, 15) is 13.2 Å². The Kier molecular flexibility index (Phi) is 7.94. The Morgan fingerprint density at radius 3 is 2.67 bits per heavy atom. The number of hydrogen-bond donors (Lipinski definition) is 2. The fourth-order valence-corrected chi connectivity index (χ4v) is 5.43. The van der Waals surface area contributed by atoms with E-state index in [0.29, 0.717) is 35.3 Å². The minimum Gasteiger partial charge on any atom is -0.374 e. The van der Waals surface area contributed by atoms with Crippen LogP contribution in [0.1, 0.15) is 24.0 Å². The molecule has 1 amide bonds. The lowest BCUT2D eigenvalue weighted by Crippen LogP contribution is -2.47. The molecule has 10 heteroatoms. The summed E-state index contributed by atoms with van der Waals surface area (Å²) in [6, 6.07) is 12.2. The van der Waals surface area contributed by atoms with Crippen LogP contribution in [0.5, 0.6) is 0 Å². The predicted molar refractivity (Wildman–Crippen MR) is 128 cm³/mol. The number of hydrogen-bond acceptors (Lipinski definition) is 5. The summed E-state index contributed by atoms with van der Waals surface area (Å²) < 4.78 is 33.3. The topological polar surface area (TPSA) is 87.7 Å². The van der Waals surface area contributed by atoms with Gasteiger partial charge in [-0.3, -0.25) is 9.69 Å². The summed E-state index contributed by atoms with van der Waals surface area (Å²) in [5, 5.41) is 3.97. The maximum absolute atomic E-state index is 12.5. The van der Waals surface area contributed by atoms with Crippen molar-refractivity contribution in [2.75, 3.05) is 26.2 Å². The minimum atomic E-state index is -3.54. The summed E-state index contributed by atoms with van der Waals surface area (Å²) >= 11 is 12.1. The second kappa shape index (κ2) is 10.7. The van der Waals surface area contributed by atoms with Gasteiger partial charge in [0.25, 0.3) is 0 Å². The lowest BCUT2D eigenvalue weighted by Gasteiger charge is -2.33. The normalized spacial score (nSPS) is 19.4. The molecular formula is C23H27Cl2N3O4S. The number of ether oxygens (including phenoxy) is 1. The van der Waals surface area contributed by atoms with E-state index in [-0.39, 0.29) is 29.4 Å². The van der Waals surface area contributed by atoms with Crippen molar-refractivity contribution in [3.05, 3.63) is 63.6 Å². The van der Waals surface area contributed by atoms with Crippen molar-refractivity contribution in [3.63, 3.8) is 0 Å². The summed E-state index contributed by atoms with van der Waals surface area (Å²) in [5.74, 6) is -0.176. The SMILES string of the molecule is O=C(Cc1cccc(S(=O)(=O)NC2CC2)c1)NC[C@H]1CN(Cc2ccc(Cl)c(Cl)c2)CCO1. The number of nitrogens with one attached hydrogen (secondary N) is 2. The Bertz CT molecular complexity index is 1110. The van der Waals surface area contributed by atoms with Crippen LogP contribution in [0, 0.1) is 0 Å². The van der Waals surface area contributed by atoms with Crippen molar-refractivity contribution in [1.29, 1.82) is 0 Å². The van der Waals surface area contributed by atoms with Gasteiger partial charge in [0.15, 0.2) is 0 Å². The highest BCUT2D eigenvalue weighted by molar-refractivity contribution is 7.89. The lowest BCUT2D eigenvalue weighted by molar-refractivity contribution is -0.121. The summed E-state index contributed by atoms with van der Waals surface area (Å²) in [7, 11) is -3.54. The molecule has 33 heavy (non-hydrogen) atoms. The number of carbonyl (C=O) groups is 1. The first-order valence-electron chi connectivity index (χ1n) is 10.9. The zero-order chi connectivity index (χ0) is 23.4. The Morgan fingerprint density at radius 2 is 1.91 bits per heavy atom. The van der Waals surface area contributed by atoms with Crippen molar-refractivity contribution in [2.24, 2.45) is 0 Å². The third kappa shape index (κ3) is 7.15. The second-order valence-corrected chi connectivity index (χ2v) is 11.0. The van der Waals surface area contributed by atoms with Crippen molar-refractivity contribution >= 4 is 39.1 Å². The largest absolute Gasteiger partial charge is 0.374 e. The van der Waals surface area contributed by atoms with Gasteiger partial charge in [-0.15, -0.1) is 0 Å². The third-order valence-corrected chi connectivity index (χ3v) is 7.87. The van der Waals surface area contributed by atoms with Crippen molar-refractivity contribution < 1.29 is 17.9 Å². The highest BCUT2D eigenvalue weighted by Crippen LogP contribution is 2.24. The fraction of sp³-hybridized carbons (Fsp3) is 0.435. The molecule has 2 N–H and O–H groups in total. The molecule has 1 heterocycles. The average molecular weight is 512 g/mol. The Labute approximate surface area is 204 Å². The molecule has 2 aromatic rings. The van der Waals surface area contributed by atoms with Gasteiger partial charge in [0.1, 0.15) is 0 Å². The van der Waals surface area contributed by atoms with E-state index in [1.807, 2.05) is 12.1 Å². The van der Waals surface area contributed by atoms with Gasteiger partial charge < -0.3 is 10.1 Å². The molecule has 7 nitrogen and oxygen atoms in total. The van der Waals surface area contributed by atoms with Gasteiger partial charge in [-0.05, 0) is 48.2 Å². The number of rotatable bonds is 9. The third-order valence-electron chi connectivity index (χ3n) is 5.61. The molecule has 2 fully saturated rings. The van der Waals surface area contributed by atoms with Crippen LogP contribution < -0.4 is 10.0 Å². The molecule has 1 atom stereocenters. The van der Waals surface area contributed by atoms with E-state index in [4.69, 9.17) is 27.9 Å². The van der Waals surface area contributed by atoms with Crippen LogP contribution in [0.15, 0.2) is 47.4 Å². The van der Waals surface area contributed by atoms with Crippen LogP contribution in [-0.2, 0) is 32.5 Å². The smallest absolute Gasteiger partial charge is 0.240 e. The van der Waals surface area contributed by atoms with Crippen LogP contribution in [0.2, 0.25) is 10.0 Å². The van der Waals surface area contributed by atoms with Crippen LogP contribution in [0.25, 0.3) is 0 Å². The molecule has 2 aromatic carbocycles. The predicted octanol–water partition coefficient (Wildman–Crippen LogP) is 2.99. The van der Waals surface area contributed by atoms with E-state index < -0.39 is 10.0 Å². The molecule has 0 unspecified atom stereocenters. The van der Waals surface area contributed by atoms with Gasteiger partial charge in [0.05, 0.1) is 34.1 Å². The number of nitrogens with zero attached hydrogens (tertiary/aromatic N) is 1. The molecule has 0 spiro atoms. The molecule has 2 aliphatic rings. The van der Waals surface area contributed by atoms with Gasteiger partial charge in [-0.1, -0.05) is 41.4 Å². The molecule has 4 rings (SSSR count). The van der Waals surface area contributed by atoms with Gasteiger partial charge in [-0.2, -0.15) is 0 Å². The number of carbonyl (C=O) groups excluding carboxylic acids is 1. The van der Waals surface area contributed by atoms with Crippen molar-refractivity contribution in [1.82, 2.24) is 14.9 Å². The van der Waals surface area contributed by atoms with Gasteiger partial charge in [0, 0.05) is 32.2 Å². The highest BCUT2D eigenvalue weighted by atomic mass is 35.5. The Hall–Kier alpha value is -1.68. The van der Waals surface area contributed by atoms with Crippen LogP contribution in [-0.4, -0.2) is 57.6 Å². The fourth-order valence-electron chi connectivity index (χ4n) is 3.73. The number of morpholine rings is 1. The first-order valence-corrected chi connectivity index (χ1v) is 13.2. The average Bonchev–Trinajstić information content (AvgIpc) is 3.59. The van der Waals surface area contributed by atoms with E-state index in [0.717, 1.165) is 31.5 Å². The minimum absolute atomic E-state index is 0.0358. The number of sulfonamides is 1. The standard InChI is InChI=1S/C23H27Cl2N3O4S/c24-21-7-4-17(11-22(21)25)14-28-8-9-32-19(15-28)13-26-23(29)12-16-2-1-3-20(10-16)33(30,31)27-18-5-6-18/h1-4,7,10-11,18-19,27H,5-6,8-9,12-15H2,(H,26,29)/t19-/m0/s1. The molecule has 1 aliphatic heterocycles. The van der Waals surface area contributed by atoms with E-state index in [1.165, 1.54) is 0 Å². The maximum Gasteiger partial charge on any atom is 0.240 e. The van der Waals surface area contributed by atoms with Crippen LogP contribution >= 0.6 is 23.2 Å². The first-order chi connectivity index (χ1) is 15.8. The molecular weight excluding hydrogens is 485 g/mol. The molecule has 1 aliphatic carbocycles. The van der Waals surface area contributed by atoms with Gasteiger partial charge in [0.2, 0.25) is 15.9 Å². The lowest BCUT2D eigenvalue weighted by atomic mass is 10.1. The quantitative estimate of drug-likeness (QED) is 0.540. The summed E-state index contributed by atoms with van der Waals surface area (Å²) in [4.78, 5) is 14.9. The molecule has 0 aromatic heterocycles. The Morgan fingerprint density at radius 1 is 1.09 bits per heavy atom. The van der Waals surface area contributed by atoms with Crippen molar-refractivity contribution in [2.45, 2.75) is 42.8 Å². The summed E-state index contributed by atoms with van der Waals surface area (Å²) in [5.41, 5.74) is 1.72. The monoisotopic (exact) mass is 511 g/mol. The summed E-state index contributed by atoms with van der Waals surface area (Å²) in [6.07, 6.45) is 1.72. The molecule has 178 valence electrons. The zero-order valence-electron chi connectivity index (χ0n) is 18.1. The van der Waals surface area contributed by atoms with Gasteiger partial charge >= 0.3 is 0 Å². The highest BCUT2D eigenvalue weighted by Gasteiger charge is 2.28. The Balaban J connectivity index is 1.26. The number of benzene rings is 2. The number of amides is 1.